The second-order valence-electron chi connectivity index (χ2n) is 4.12. The quantitative estimate of drug-likeness (QED) is 0.837. The molecule has 1 heterocycles. The summed E-state index contributed by atoms with van der Waals surface area (Å²) in [5.74, 6) is -0.122. The normalized spacial score (nSPS) is 12.3. The summed E-state index contributed by atoms with van der Waals surface area (Å²) in [4.78, 5) is 15.8. The van der Waals surface area contributed by atoms with E-state index in [1.807, 2.05) is 24.3 Å². The highest BCUT2D eigenvalue weighted by Gasteiger charge is 2.18. The van der Waals surface area contributed by atoms with Crippen molar-refractivity contribution in [1.29, 1.82) is 0 Å². The molecule has 0 saturated heterocycles. The van der Waals surface area contributed by atoms with Gasteiger partial charge >= 0.3 is 0 Å². The van der Waals surface area contributed by atoms with E-state index < -0.39 is 6.10 Å². The molecule has 0 fully saturated rings. The van der Waals surface area contributed by atoms with Gasteiger partial charge in [0.2, 0.25) is 0 Å². The fourth-order valence-electron chi connectivity index (χ4n) is 1.92. The lowest BCUT2D eigenvalue weighted by Gasteiger charge is -2.14. The van der Waals surface area contributed by atoms with Crippen molar-refractivity contribution in [2.24, 2.45) is 0 Å². The first-order chi connectivity index (χ1) is 8.65. The molecule has 0 unspecified atom stereocenters. The molecule has 0 aliphatic heterocycles. The third-order valence-electron chi connectivity index (χ3n) is 2.99. The summed E-state index contributed by atoms with van der Waals surface area (Å²) in [6.45, 7) is 5.44. The van der Waals surface area contributed by atoms with Crippen LogP contribution >= 0.6 is 0 Å². The average molecular weight is 241 g/mol. The number of fused-ring (bicyclic) bond motifs is 1. The molecule has 3 nitrogen and oxygen atoms in total. The number of hydrogen-bond acceptors (Lipinski definition) is 3. The zero-order valence-corrected chi connectivity index (χ0v) is 10.3. The number of rotatable bonds is 4. The number of aliphatic hydroxyl groups excluding tert-OH is 1. The van der Waals surface area contributed by atoms with Gasteiger partial charge in [0, 0.05) is 23.6 Å². The topological polar surface area (TPSA) is 50.2 Å². The van der Waals surface area contributed by atoms with Crippen molar-refractivity contribution in [3.63, 3.8) is 0 Å². The first kappa shape index (κ1) is 12.5. The number of carbonyl (C=O) groups excluding carboxylic acids is 1. The van der Waals surface area contributed by atoms with Crippen LogP contribution in [-0.4, -0.2) is 15.9 Å². The molecule has 0 amide bonds. The number of pyridine rings is 1. The molecule has 18 heavy (non-hydrogen) atoms. The first-order valence-corrected chi connectivity index (χ1v) is 5.89. The second kappa shape index (κ2) is 5.10. The smallest absolute Gasteiger partial charge is 0.160 e. The SMILES string of the molecule is C=C(C(=O)CC)[C@H](O)c1ccnc2ccccc12. The van der Waals surface area contributed by atoms with Crippen LogP contribution in [0.25, 0.3) is 10.9 Å². The van der Waals surface area contributed by atoms with Gasteiger partial charge in [-0.2, -0.15) is 0 Å². The Balaban J connectivity index is 2.48. The van der Waals surface area contributed by atoms with Crippen molar-refractivity contribution in [2.45, 2.75) is 19.4 Å². The highest BCUT2D eigenvalue weighted by atomic mass is 16.3. The average Bonchev–Trinajstić information content (AvgIpc) is 2.44. The Morgan fingerprint density at radius 3 is 2.83 bits per heavy atom. The minimum absolute atomic E-state index is 0.122. The Morgan fingerprint density at radius 2 is 2.11 bits per heavy atom. The van der Waals surface area contributed by atoms with Crippen molar-refractivity contribution in [1.82, 2.24) is 4.98 Å². The molecule has 2 aromatic rings. The molecule has 0 aliphatic rings. The van der Waals surface area contributed by atoms with Gasteiger partial charge in [-0.1, -0.05) is 31.7 Å². The van der Waals surface area contributed by atoms with Gasteiger partial charge < -0.3 is 5.11 Å². The third kappa shape index (κ3) is 2.17. The minimum Gasteiger partial charge on any atom is -0.384 e. The lowest BCUT2D eigenvalue weighted by atomic mass is 9.96. The molecule has 2 rings (SSSR count). The number of nitrogens with zero attached hydrogens (tertiary/aromatic N) is 1. The first-order valence-electron chi connectivity index (χ1n) is 5.89. The van der Waals surface area contributed by atoms with Crippen LogP contribution in [0.3, 0.4) is 0 Å². The molecular formula is C15H15NO2. The Hall–Kier alpha value is -2.00. The predicted molar refractivity (Wildman–Crippen MR) is 71.1 cm³/mol. The molecule has 1 atom stereocenters. The van der Waals surface area contributed by atoms with E-state index in [-0.39, 0.29) is 11.4 Å². The molecule has 1 aromatic heterocycles. The summed E-state index contributed by atoms with van der Waals surface area (Å²) in [5.41, 5.74) is 1.70. The summed E-state index contributed by atoms with van der Waals surface area (Å²) in [6, 6.07) is 9.24. The van der Waals surface area contributed by atoms with E-state index in [4.69, 9.17) is 0 Å². The number of para-hydroxylation sites is 1. The van der Waals surface area contributed by atoms with Crippen LogP contribution in [0.4, 0.5) is 0 Å². The van der Waals surface area contributed by atoms with E-state index in [9.17, 15) is 9.90 Å². The number of Topliss-reactive ketones (excluding diaryl/α,β-unsaturated/α-hetero) is 1. The Morgan fingerprint density at radius 1 is 1.39 bits per heavy atom. The zero-order chi connectivity index (χ0) is 13.1. The second-order valence-corrected chi connectivity index (χ2v) is 4.12. The van der Waals surface area contributed by atoms with Gasteiger partial charge in [-0.25, -0.2) is 0 Å². The maximum absolute atomic E-state index is 11.6. The fraction of sp³-hybridized carbons (Fsp3) is 0.200. The number of benzene rings is 1. The number of aliphatic hydroxyl groups is 1. The van der Waals surface area contributed by atoms with Gasteiger partial charge in [0.25, 0.3) is 0 Å². The summed E-state index contributed by atoms with van der Waals surface area (Å²) < 4.78 is 0. The number of hydrogen-bond donors (Lipinski definition) is 1. The van der Waals surface area contributed by atoms with E-state index >= 15 is 0 Å². The van der Waals surface area contributed by atoms with Crippen molar-refractivity contribution in [2.75, 3.05) is 0 Å². The summed E-state index contributed by atoms with van der Waals surface area (Å²) in [6.07, 6.45) is 1.01. The van der Waals surface area contributed by atoms with Gasteiger partial charge in [0.15, 0.2) is 5.78 Å². The largest absolute Gasteiger partial charge is 0.384 e. The molecule has 0 bridgehead atoms. The maximum atomic E-state index is 11.6. The molecule has 3 heteroatoms. The third-order valence-corrected chi connectivity index (χ3v) is 2.99. The van der Waals surface area contributed by atoms with E-state index in [0.29, 0.717) is 12.0 Å². The van der Waals surface area contributed by atoms with Crippen LogP contribution in [0.2, 0.25) is 0 Å². The standard InChI is InChI=1S/C15H15NO2/c1-3-14(17)10(2)15(18)12-8-9-16-13-7-5-4-6-11(12)13/h4-9,15,18H,2-3H2,1H3/t15-/m0/s1. The van der Waals surface area contributed by atoms with E-state index in [2.05, 4.69) is 11.6 Å². The van der Waals surface area contributed by atoms with Crippen LogP contribution in [0.1, 0.15) is 25.0 Å². The summed E-state index contributed by atoms with van der Waals surface area (Å²) in [5, 5.41) is 11.1. The zero-order valence-electron chi connectivity index (χ0n) is 10.3. The van der Waals surface area contributed by atoms with E-state index in [1.165, 1.54) is 0 Å². The Kier molecular flexibility index (Phi) is 3.53. The maximum Gasteiger partial charge on any atom is 0.160 e. The number of carbonyl (C=O) groups is 1. The highest BCUT2D eigenvalue weighted by molar-refractivity contribution is 5.96. The van der Waals surface area contributed by atoms with Crippen molar-refractivity contribution in [3.05, 3.63) is 54.2 Å². The molecule has 1 N–H and O–H groups in total. The van der Waals surface area contributed by atoms with Crippen LogP contribution in [0.5, 0.6) is 0 Å². The monoisotopic (exact) mass is 241 g/mol. The van der Waals surface area contributed by atoms with Gasteiger partial charge in [-0.3, -0.25) is 9.78 Å². The van der Waals surface area contributed by atoms with Crippen molar-refractivity contribution >= 4 is 16.7 Å². The fourth-order valence-corrected chi connectivity index (χ4v) is 1.92. The van der Waals surface area contributed by atoms with Crippen LogP contribution < -0.4 is 0 Å². The summed E-state index contributed by atoms with van der Waals surface area (Å²) >= 11 is 0. The molecule has 0 aliphatic carbocycles. The predicted octanol–water partition coefficient (Wildman–Crippen LogP) is 2.80. The van der Waals surface area contributed by atoms with Crippen LogP contribution in [0, 0.1) is 0 Å². The minimum atomic E-state index is -0.967. The van der Waals surface area contributed by atoms with Crippen molar-refractivity contribution < 1.29 is 9.90 Å². The summed E-state index contributed by atoms with van der Waals surface area (Å²) in [7, 11) is 0. The number of aromatic nitrogens is 1. The van der Waals surface area contributed by atoms with Gasteiger partial charge in [-0.05, 0) is 17.7 Å². The van der Waals surface area contributed by atoms with Gasteiger partial charge in [0.05, 0.1) is 5.52 Å². The lowest BCUT2D eigenvalue weighted by Crippen LogP contribution is -2.10. The van der Waals surface area contributed by atoms with Gasteiger partial charge in [0.1, 0.15) is 6.10 Å². The molecule has 0 saturated carbocycles. The van der Waals surface area contributed by atoms with Crippen LogP contribution in [-0.2, 0) is 4.79 Å². The number of ketones is 1. The lowest BCUT2D eigenvalue weighted by molar-refractivity contribution is -0.116. The van der Waals surface area contributed by atoms with E-state index in [0.717, 1.165) is 10.9 Å². The van der Waals surface area contributed by atoms with Crippen LogP contribution in [0.15, 0.2) is 48.7 Å². The molecule has 0 radical (unpaired) electrons. The Bertz CT molecular complexity index is 599. The van der Waals surface area contributed by atoms with E-state index in [1.54, 1.807) is 19.2 Å². The Labute approximate surface area is 106 Å². The molecule has 0 spiro atoms. The van der Waals surface area contributed by atoms with Gasteiger partial charge in [-0.15, -0.1) is 0 Å². The molecule has 92 valence electrons. The molecular weight excluding hydrogens is 226 g/mol. The highest BCUT2D eigenvalue weighted by Crippen LogP contribution is 2.27. The molecule has 1 aromatic carbocycles. The van der Waals surface area contributed by atoms with Crippen molar-refractivity contribution in [3.8, 4) is 0 Å².